The summed E-state index contributed by atoms with van der Waals surface area (Å²) in [6.07, 6.45) is -0.206. The summed E-state index contributed by atoms with van der Waals surface area (Å²) in [5.74, 6) is 0.743. The van der Waals surface area contributed by atoms with E-state index in [0.717, 1.165) is 0 Å². The van der Waals surface area contributed by atoms with Crippen LogP contribution in [0.5, 0.6) is 17.5 Å². The number of phenols is 1. The van der Waals surface area contributed by atoms with Crippen molar-refractivity contribution >= 4 is 17.6 Å². The standard InChI is InChI=1S/C23H25N3O5/c1-15(2)31-22(28)16-9-11-18(12-10-16)26(14-17-7-5-6-8-19(17)27)23-24-20(29-3)13-21(25-23)30-4/h5-13,15,27H,14H2,1-4H3. The van der Waals surface area contributed by atoms with E-state index in [1.165, 1.54) is 14.2 Å². The van der Waals surface area contributed by atoms with Gasteiger partial charge in [0.1, 0.15) is 5.75 Å². The van der Waals surface area contributed by atoms with Crippen LogP contribution in [0.3, 0.4) is 0 Å². The lowest BCUT2D eigenvalue weighted by molar-refractivity contribution is 0.0378. The maximum Gasteiger partial charge on any atom is 0.338 e. The van der Waals surface area contributed by atoms with Crippen LogP contribution in [-0.4, -0.2) is 41.4 Å². The van der Waals surface area contributed by atoms with Crippen LogP contribution in [0.2, 0.25) is 0 Å². The fourth-order valence-corrected chi connectivity index (χ4v) is 2.87. The molecule has 8 heteroatoms. The molecule has 0 atom stereocenters. The van der Waals surface area contributed by atoms with Crippen LogP contribution < -0.4 is 14.4 Å². The maximum absolute atomic E-state index is 12.2. The number of carbonyl (C=O) groups is 1. The Morgan fingerprint density at radius 1 is 1.00 bits per heavy atom. The van der Waals surface area contributed by atoms with E-state index in [4.69, 9.17) is 14.2 Å². The van der Waals surface area contributed by atoms with E-state index in [1.54, 1.807) is 61.2 Å². The number of aromatic hydroxyl groups is 1. The minimum Gasteiger partial charge on any atom is -0.508 e. The van der Waals surface area contributed by atoms with Gasteiger partial charge in [-0.05, 0) is 44.2 Å². The van der Waals surface area contributed by atoms with Gasteiger partial charge in [-0.1, -0.05) is 18.2 Å². The van der Waals surface area contributed by atoms with E-state index in [9.17, 15) is 9.90 Å². The van der Waals surface area contributed by atoms with Crippen molar-refractivity contribution in [2.75, 3.05) is 19.1 Å². The summed E-state index contributed by atoms with van der Waals surface area (Å²) < 4.78 is 15.8. The first-order chi connectivity index (χ1) is 14.9. The van der Waals surface area contributed by atoms with Gasteiger partial charge in [-0.25, -0.2) is 4.79 Å². The lowest BCUT2D eigenvalue weighted by Crippen LogP contribution is -2.20. The van der Waals surface area contributed by atoms with E-state index in [0.29, 0.717) is 34.5 Å². The molecule has 0 amide bonds. The lowest BCUT2D eigenvalue weighted by Gasteiger charge is -2.24. The predicted molar refractivity (Wildman–Crippen MR) is 116 cm³/mol. The van der Waals surface area contributed by atoms with E-state index in [1.807, 2.05) is 12.1 Å². The molecular formula is C23H25N3O5. The average Bonchev–Trinajstić information content (AvgIpc) is 2.77. The van der Waals surface area contributed by atoms with Crippen molar-refractivity contribution in [3.63, 3.8) is 0 Å². The van der Waals surface area contributed by atoms with Gasteiger partial charge in [0.05, 0.1) is 38.5 Å². The van der Waals surface area contributed by atoms with Gasteiger partial charge in [-0.2, -0.15) is 9.97 Å². The highest BCUT2D eigenvalue weighted by Gasteiger charge is 2.19. The lowest BCUT2D eigenvalue weighted by atomic mass is 10.1. The van der Waals surface area contributed by atoms with Gasteiger partial charge in [-0.3, -0.25) is 0 Å². The van der Waals surface area contributed by atoms with Crippen molar-refractivity contribution in [3.8, 4) is 17.5 Å². The molecule has 0 aliphatic carbocycles. The molecule has 162 valence electrons. The molecule has 0 aliphatic heterocycles. The number of aromatic nitrogens is 2. The van der Waals surface area contributed by atoms with Crippen LogP contribution in [-0.2, 0) is 11.3 Å². The van der Waals surface area contributed by atoms with Gasteiger partial charge in [-0.15, -0.1) is 0 Å². The third-order valence-electron chi connectivity index (χ3n) is 4.40. The SMILES string of the molecule is COc1cc(OC)nc(N(Cc2ccccc2O)c2ccc(C(=O)OC(C)C)cc2)n1. The van der Waals surface area contributed by atoms with Gasteiger partial charge in [0.2, 0.25) is 17.7 Å². The number of phenolic OH excluding ortho intramolecular Hbond substituents is 1. The number of benzene rings is 2. The molecular weight excluding hydrogens is 398 g/mol. The highest BCUT2D eigenvalue weighted by atomic mass is 16.5. The van der Waals surface area contributed by atoms with Gasteiger partial charge in [0.15, 0.2) is 0 Å². The molecule has 0 saturated carbocycles. The minimum atomic E-state index is -0.395. The predicted octanol–water partition coefficient (Wildman–Crippen LogP) is 4.10. The van der Waals surface area contributed by atoms with Crippen molar-refractivity contribution in [2.24, 2.45) is 0 Å². The van der Waals surface area contributed by atoms with E-state index in [-0.39, 0.29) is 18.4 Å². The first kappa shape index (κ1) is 21.9. The van der Waals surface area contributed by atoms with Crippen LogP contribution >= 0.6 is 0 Å². The Balaban J connectivity index is 2.02. The molecule has 0 aliphatic rings. The second-order valence-corrected chi connectivity index (χ2v) is 6.97. The normalized spacial score (nSPS) is 10.6. The van der Waals surface area contributed by atoms with Crippen molar-refractivity contribution in [1.82, 2.24) is 9.97 Å². The largest absolute Gasteiger partial charge is 0.508 e. The smallest absolute Gasteiger partial charge is 0.338 e. The van der Waals surface area contributed by atoms with E-state index < -0.39 is 5.97 Å². The van der Waals surface area contributed by atoms with Crippen molar-refractivity contribution in [2.45, 2.75) is 26.5 Å². The second-order valence-electron chi connectivity index (χ2n) is 6.97. The van der Waals surface area contributed by atoms with Crippen molar-refractivity contribution in [1.29, 1.82) is 0 Å². The number of rotatable bonds is 8. The number of methoxy groups -OCH3 is 2. The molecule has 3 rings (SSSR count). The zero-order valence-electron chi connectivity index (χ0n) is 17.9. The molecule has 8 nitrogen and oxygen atoms in total. The first-order valence-corrected chi connectivity index (χ1v) is 9.73. The van der Waals surface area contributed by atoms with Crippen LogP contribution in [0, 0.1) is 0 Å². The summed E-state index contributed by atoms with van der Waals surface area (Å²) in [5.41, 5.74) is 1.82. The average molecular weight is 423 g/mol. The quantitative estimate of drug-likeness (QED) is 0.541. The summed E-state index contributed by atoms with van der Waals surface area (Å²) in [4.78, 5) is 22.8. The molecule has 1 N–H and O–H groups in total. The van der Waals surface area contributed by atoms with Crippen LogP contribution in [0.25, 0.3) is 0 Å². The Morgan fingerprint density at radius 2 is 1.61 bits per heavy atom. The monoisotopic (exact) mass is 423 g/mol. The van der Waals surface area contributed by atoms with E-state index in [2.05, 4.69) is 9.97 Å². The summed E-state index contributed by atoms with van der Waals surface area (Å²) >= 11 is 0. The van der Waals surface area contributed by atoms with Gasteiger partial charge in [0.25, 0.3) is 0 Å². The topological polar surface area (TPSA) is 94.0 Å². The number of ether oxygens (including phenoxy) is 3. The fraction of sp³-hybridized carbons (Fsp3) is 0.261. The minimum absolute atomic E-state index is 0.152. The summed E-state index contributed by atoms with van der Waals surface area (Å²) in [7, 11) is 3.02. The number of nitrogens with zero attached hydrogens (tertiary/aromatic N) is 3. The van der Waals surface area contributed by atoms with Crippen LogP contribution in [0.15, 0.2) is 54.6 Å². The zero-order valence-corrected chi connectivity index (χ0v) is 17.9. The van der Waals surface area contributed by atoms with Crippen molar-refractivity contribution in [3.05, 3.63) is 65.7 Å². The van der Waals surface area contributed by atoms with Crippen LogP contribution in [0.1, 0.15) is 29.8 Å². The van der Waals surface area contributed by atoms with Crippen LogP contribution in [0.4, 0.5) is 11.6 Å². The molecule has 0 fully saturated rings. The Labute approximate surface area is 181 Å². The molecule has 0 radical (unpaired) electrons. The molecule has 0 saturated heterocycles. The van der Waals surface area contributed by atoms with Gasteiger partial charge in [0, 0.05) is 11.3 Å². The van der Waals surface area contributed by atoms with Crippen molar-refractivity contribution < 1.29 is 24.1 Å². The molecule has 1 heterocycles. The molecule has 31 heavy (non-hydrogen) atoms. The molecule has 2 aromatic carbocycles. The number of esters is 1. The molecule has 1 aromatic heterocycles. The maximum atomic E-state index is 12.2. The van der Waals surface area contributed by atoms with Gasteiger partial charge < -0.3 is 24.2 Å². The molecule has 0 unspecified atom stereocenters. The highest BCUT2D eigenvalue weighted by Crippen LogP contribution is 2.30. The first-order valence-electron chi connectivity index (χ1n) is 9.73. The summed E-state index contributed by atoms with van der Waals surface area (Å²) in [5, 5.41) is 10.3. The fourth-order valence-electron chi connectivity index (χ4n) is 2.87. The highest BCUT2D eigenvalue weighted by molar-refractivity contribution is 5.90. The second kappa shape index (κ2) is 9.80. The Morgan fingerprint density at radius 3 is 2.16 bits per heavy atom. The number of carbonyl (C=O) groups excluding carboxylic acids is 1. The molecule has 0 spiro atoms. The number of hydrogen-bond donors (Lipinski definition) is 1. The Hall–Kier alpha value is -3.81. The molecule has 3 aromatic rings. The third kappa shape index (κ3) is 5.42. The number of para-hydroxylation sites is 1. The van der Waals surface area contributed by atoms with E-state index >= 15 is 0 Å². The number of hydrogen-bond acceptors (Lipinski definition) is 8. The number of anilines is 2. The molecule has 0 bridgehead atoms. The zero-order chi connectivity index (χ0) is 22.4. The van der Waals surface area contributed by atoms with Gasteiger partial charge >= 0.3 is 5.97 Å². The summed E-state index contributed by atoms with van der Waals surface area (Å²) in [6, 6.07) is 15.5. The summed E-state index contributed by atoms with van der Waals surface area (Å²) in [6.45, 7) is 3.88. The Bertz CT molecular complexity index is 1020. The third-order valence-corrected chi connectivity index (χ3v) is 4.40. The Kier molecular flexibility index (Phi) is 6.92.